The van der Waals surface area contributed by atoms with Gasteiger partial charge in [0.1, 0.15) is 5.78 Å². The van der Waals surface area contributed by atoms with Crippen LogP contribution in [0.25, 0.3) is 0 Å². The molecule has 1 aliphatic rings. The predicted octanol–water partition coefficient (Wildman–Crippen LogP) is 3.49. The monoisotopic (exact) mass is 307 g/mol. The number of amides is 1. The topological polar surface area (TPSA) is 37.4 Å². The van der Waals surface area contributed by atoms with Crippen molar-refractivity contribution in [2.75, 3.05) is 13.1 Å². The Bertz CT molecular complexity index is 490. The summed E-state index contributed by atoms with van der Waals surface area (Å²) >= 11 is 5.84. The Hall–Kier alpha value is -1.35. The number of hydrogen-bond donors (Lipinski definition) is 0. The highest BCUT2D eigenvalue weighted by Crippen LogP contribution is 2.20. The number of likely N-dealkylation sites (tertiary alicyclic amines) is 1. The quantitative estimate of drug-likeness (QED) is 0.835. The number of hydrogen-bond acceptors (Lipinski definition) is 2. The molecule has 114 valence electrons. The third-order valence-corrected chi connectivity index (χ3v) is 4.44. The summed E-state index contributed by atoms with van der Waals surface area (Å²) in [6, 6.07) is 7.62. The molecule has 1 heterocycles. The fraction of sp³-hybridized carbons (Fsp3) is 0.529. The van der Waals surface area contributed by atoms with Crippen LogP contribution in [-0.4, -0.2) is 29.7 Å². The first-order chi connectivity index (χ1) is 10.1. The minimum absolute atomic E-state index is 0.162. The highest BCUT2D eigenvalue weighted by molar-refractivity contribution is 6.30. The summed E-state index contributed by atoms with van der Waals surface area (Å²) in [5.74, 6) is 0.686. The molecule has 1 aromatic carbocycles. The number of Topliss-reactive ketones (excluding diaryl/α,β-unsaturated/α-hetero) is 1. The second-order valence-corrected chi connectivity index (χ2v) is 6.04. The summed E-state index contributed by atoms with van der Waals surface area (Å²) < 4.78 is 0. The SMILES string of the molecule is CCC(=O)C1CCN(C(=O)CCc2ccc(Cl)cc2)CC1. The largest absolute Gasteiger partial charge is 0.343 e. The number of carbonyl (C=O) groups is 2. The van der Waals surface area contributed by atoms with Crippen molar-refractivity contribution in [1.29, 1.82) is 0 Å². The van der Waals surface area contributed by atoms with Gasteiger partial charge in [-0.25, -0.2) is 0 Å². The molecule has 4 heteroatoms. The van der Waals surface area contributed by atoms with E-state index >= 15 is 0 Å². The lowest BCUT2D eigenvalue weighted by molar-refractivity contribution is -0.135. The third kappa shape index (κ3) is 4.57. The van der Waals surface area contributed by atoms with Crippen molar-refractivity contribution >= 4 is 23.3 Å². The molecule has 0 aromatic heterocycles. The smallest absolute Gasteiger partial charge is 0.222 e. The maximum atomic E-state index is 12.2. The molecule has 1 amide bonds. The molecule has 1 aliphatic heterocycles. The normalized spacial score (nSPS) is 16.0. The van der Waals surface area contributed by atoms with Crippen LogP contribution in [-0.2, 0) is 16.0 Å². The van der Waals surface area contributed by atoms with E-state index in [0.717, 1.165) is 37.9 Å². The van der Waals surface area contributed by atoms with Crippen molar-refractivity contribution in [2.45, 2.75) is 39.0 Å². The fourth-order valence-electron chi connectivity index (χ4n) is 2.80. The van der Waals surface area contributed by atoms with Gasteiger partial charge in [0, 0.05) is 36.9 Å². The number of nitrogens with zero attached hydrogens (tertiary/aromatic N) is 1. The zero-order valence-corrected chi connectivity index (χ0v) is 13.2. The van der Waals surface area contributed by atoms with Gasteiger partial charge in [0.2, 0.25) is 5.91 Å². The lowest BCUT2D eigenvalue weighted by atomic mass is 9.91. The van der Waals surface area contributed by atoms with Gasteiger partial charge in [0.25, 0.3) is 0 Å². The predicted molar refractivity (Wildman–Crippen MR) is 84.4 cm³/mol. The summed E-state index contributed by atoms with van der Waals surface area (Å²) in [6.07, 6.45) is 3.51. The fourth-order valence-corrected chi connectivity index (χ4v) is 2.93. The van der Waals surface area contributed by atoms with Gasteiger partial charge in [0.05, 0.1) is 0 Å². The molecule has 1 saturated heterocycles. The van der Waals surface area contributed by atoms with E-state index < -0.39 is 0 Å². The maximum Gasteiger partial charge on any atom is 0.222 e. The second-order valence-electron chi connectivity index (χ2n) is 5.60. The van der Waals surface area contributed by atoms with Gasteiger partial charge in [-0.15, -0.1) is 0 Å². The van der Waals surface area contributed by atoms with E-state index in [2.05, 4.69) is 0 Å². The number of aryl methyl sites for hydroxylation is 1. The minimum Gasteiger partial charge on any atom is -0.343 e. The molecular formula is C17H22ClNO2. The average Bonchev–Trinajstić information content (AvgIpc) is 2.53. The Labute approximate surface area is 131 Å². The van der Waals surface area contributed by atoms with Gasteiger partial charge in [-0.05, 0) is 37.0 Å². The van der Waals surface area contributed by atoms with Gasteiger partial charge >= 0.3 is 0 Å². The number of halogens is 1. The number of ketones is 1. The summed E-state index contributed by atoms with van der Waals surface area (Å²) in [4.78, 5) is 25.8. The first-order valence-electron chi connectivity index (χ1n) is 7.65. The third-order valence-electron chi connectivity index (χ3n) is 4.19. The molecule has 0 saturated carbocycles. The molecule has 1 fully saturated rings. The lowest BCUT2D eigenvalue weighted by Gasteiger charge is -2.31. The molecule has 0 unspecified atom stereocenters. The Morgan fingerprint density at radius 1 is 1.19 bits per heavy atom. The number of rotatable bonds is 5. The highest BCUT2D eigenvalue weighted by Gasteiger charge is 2.25. The lowest BCUT2D eigenvalue weighted by Crippen LogP contribution is -2.40. The number of benzene rings is 1. The Balaban J connectivity index is 1.77. The molecule has 1 aromatic rings. The molecule has 0 spiro atoms. The van der Waals surface area contributed by atoms with E-state index in [1.165, 1.54) is 0 Å². The first kappa shape index (κ1) is 16.0. The van der Waals surface area contributed by atoms with Crippen LogP contribution in [0.15, 0.2) is 24.3 Å². The van der Waals surface area contributed by atoms with Crippen molar-refractivity contribution in [1.82, 2.24) is 4.90 Å². The molecular weight excluding hydrogens is 286 g/mol. The van der Waals surface area contributed by atoms with E-state index in [9.17, 15) is 9.59 Å². The Morgan fingerprint density at radius 2 is 1.81 bits per heavy atom. The van der Waals surface area contributed by atoms with Crippen molar-refractivity contribution in [2.24, 2.45) is 5.92 Å². The Kier molecular flexibility index (Phi) is 5.80. The Morgan fingerprint density at radius 3 is 2.38 bits per heavy atom. The van der Waals surface area contributed by atoms with Crippen molar-refractivity contribution < 1.29 is 9.59 Å². The molecule has 3 nitrogen and oxygen atoms in total. The van der Waals surface area contributed by atoms with Gasteiger partial charge < -0.3 is 4.90 Å². The minimum atomic E-state index is 0.162. The van der Waals surface area contributed by atoms with Crippen molar-refractivity contribution in [3.63, 3.8) is 0 Å². The van der Waals surface area contributed by atoms with Crippen LogP contribution in [0.5, 0.6) is 0 Å². The zero-order chi connectivity index (χ0) is 15.2. The molecule has 0 aliphatic carbocycles. The van der Waals surface area contributed by atoms with Gasteiger partial charge in [-0.3, -0.25) is 9.59 Å². The highest BCUT2D eigenvalue weighted by atomic mass is 35.5. The summed E-state index contributed by atoms with van der Waals surface area (Å²) in [5, 5.41) is 0.716. The standard InChI is InChI=1S/C17H22ClNO2/c1-2-16(20)14-9-11-19(12-10-14)17(21)8-5-13-3-6-15(18)7-4-13/h3-4,6-7,14H,2,5,8-12H2,1H3. The molecule has 2 rings (SSSR count). The molecule has 21 heavy (non-hydrogen) atoms. The number of piperidine rings is 1. The van der Waals surface area contributed by atoms with Gasteiger partial charge in [0.15, 0.2) is 0 Å². The summed E-state index contributed by atoms with van der Waals surface area (Å²) in [6.45, 7) is 3.34. The summed E-state index contributed by atoms with van der Waals surface area (Å²) in [7, 11) is 0. The molecule has 0 N–H and O–H groups in total. The molecule has 0 atom stereocenters. The van der Waals surface area contributed by atoms with E-state index in [1.54, 1.807) is 0 Å². The van der Waals surface area contributed by atoms with Crippen LogP contribution in [0.3, 0.4) is 0 Å². The van der Waals surface area contributed by atoms with E-state index in [4.69, 9.17) is 11.6 Å². The second kappa shape index (κ2) is 7.60. The van der Waals surface area contributed by atoms with Crippen LogP contribution in [0.2, 0.25) is 5.02 Å². The van der Waals surface area contributed by atoms with Gasteiger partial charge in [-0.1, -0.05) is 30.7 Å². The van der Waals surface area contributed by atoms with Crippen LogP contribution >= 0.6 is 11.6 Å². The number of carbonyl (C=O) groups excluding carboxylic acids is 2. The van der Waals surface area contributed by atoms with Crippen LogP contribution in [0.4, 0.5) is 0 Å². The van der Waals surface area contributed by atoms with E-state index in [1.807, 2.05) is 36.1 Å². The van der Waals surface area contributed by atoms with Crippen molar-refractivity contribution in [3.8, 4) is 0 Å². The van der Waals surface area contributed by atoms with Crippen LogP contribution in [0, 0.1) is 5.92 Å². The van der Waals surface area contributed by atoms with E-state index in [-0.39, 0.29) is 11.8 Å². The summed E-state index contributed by atoms with van der Waals surface area (Å²) in [5.41, 5.74) is 1.13. The first-order valence-corrected chi connectivity index (χ1v) is 8.03. The van der Waals surface area contributed by atoms with Crippen LogP contribution < -0.4 is 0 Å². The molecule has 0 radical (unpaired) electrons. The van der Waals surface area contributed by atoms with Crippen molar-refractivity contribution in [3.05, 3.63) is 34.9 Å². The van der Waals surface area contributed by atoms with E-state index in [0.29, 0.717) is 23.6 Å². The van der Waals surface area contributed by atoms with Crippen LogP contribution in [0.1, 0.15) is 38.2 Å². The molecule has 0 bridgehead atoms. The zero-order valence-electron chi connectivity index (χ0n) is 12.5. The maximum absolute atomic E-state index is 12.2. The average molecular weight is 308 g/mol. The van der Waals surface area contributed by atoms with Gasteiger partial charge in [-0.2, -0.15) is 0 Å².